The van der Waals surface area contributed by atoms with Crippen molar-refractivity contribution < 1.29 is 14.5 Å². The number of hydrogen-bond acceptors (Lipinski definition) is 5. The van der Waals surface area contributed by atoms with E-state index in [1.807, 2.05) is 6.92 Å². The molecule has 1 aromatic carbocycles. The smallest absolute Gasteiger partial charge is 0.282 e. The number of nitrogens with one attached hydrogen (secondary N) is 1. The van der Waals surface area contributed by atoms with Crippen molar-refractivity contribution in [3.8, 4) is 0 Å². The van der Waals surface area contributed by atoms with Crippen LogP contribution in [-0.2, 0) is 4.74 Å². The molecule has 1 heterocycles. The zero-order valence-corrected chi connectivity index (χ0v) is 11.2. The number of ether oxygens (including phenoxy) is 1. The molecule has 1 aliphatic rings. The molecule has 0 aromatic heterocycles. The predicted octanol–water partition coefficient (Wildman–Crippen LogP) is 1.48. The summed E-state index contributed by atoms with van der Waals surface area (Å²) >= 11 is 0. The number of hydrogen-bond donors (Lipinski definition) is 2. The van der Waals surface area contributed by atoms with Crippen molar-refractivity contribution in [2.45, 2.75) is 25.3 Å². The van der Waals surface area contributed by atoms with E-state index in [2.05, 4.69) is 5.32 Å². The van der Waals surface area contributed by atoms with Gasteiger partial charge in [0.05, 0.1) is 4.92 Å². The van der Waals surface area contributed by atoms with Gasteiger partial charge in [0.2, 0.25) is 0 Å². The maximum absolute atomic E-state index is 12.3. The highest BCUT2D eigenvalue weighted by Crippen LogP contribution is 2.24. The van der Waals surface area contributed by atoms with E-state index in [0.29, 0.717) is 31.7 Å². The molecule has 1 aliphatic heterocycles. The van der Waals surface area contributed by atoms with Gasteiger partial charge in [-0.25, -0.2) is 0 Å². The number of nitro groups is 1. The number of rotatable bonds is 3. The summed E-state index contributed by atoms with van der Waals surface area (Å²) in [5.41, 5.74) is 5.26. The maximum atomic E-state index is 12.3. The van der Waals surface area contributed by atoms with Gasteiger partial charge in [0.1, 0.15) is 5.56 Å². The second-order valence-corrected chi connectivity index (χ2v) is 5.16. The zero-order valence-electron chi connectivity index (χ0n) is 11.2. The first-order valence-electron chi connectivity index (χ1n) is 6.35. The summed E-state index contributed by atoms with van der Waals surface area (Å²) in [5.74, 6) is -0.478. The van der Waals surface area contributed by atoms with E-state index in [-0.39, 0.29) is 11.3 Å². The average molecular weight is 279 g/mol. The largest absolute Gasteiger partial charge is 0.399 e. The molecule has 20 heavy (non-hydrogen) atoms. The van der Waals surface area contributed by atoms with Crippen molar-refractivity contribution in [3.05, 3.63) is 33.9 Å². The quantitative estimate of drug-likeness (QED) is 0.495. The Morgan fingerprint density at radius 3 is 2.70 bits per heavy atom. The number of benzene rings is 1. The van der Waals surface area contributed by atoms with E-state index < -0.39 is 16.4 Å². The number of nitrogens with two attached hydrogens (primary N) is 1. The van der Waals surface area contributed by atoms with Crippen LogP contribution in [0.5, 0.6) is 0 Å². The van der Waals surface area contributed by atoms with Crippen LogP contribution in [0.2, 0.25) is 0 Å². The van der Waals surface area contributed by atoms with Crippen LogP contribution in [0.15, 0.2) is 18.2 Å². The topological polar surface area (TPSA) is 107 Å². The van der Waals surface area contributed by atoms with Crippen molar-refractivity contribution in [1.82, 2.24) is 5.32 Å². The fraction of sp³-hybridized carbons (Fsp3) is 0.462. The van der Waals surface area contributed by atoms with Crippen LogP contribution >= 0.6 is 0 Å². The Bertz CT molecular complexity index is 538. The van der Waals surface area contributed by atoms with Crippen LogP contribution in [0.3, 0.4) is 0 Å². The summed E-state index contributed by atoms with van der Waals surface area (Å²) in [5, 5.41) is 13.8. The number of anilines is 1. The standard InChI is InChI=1S/C13H17N3O4/c1-13(4-6-20-7-5-13)15-12(17)10-8-9(14)2-3-11(10)16(18)19/h2-3,8H,4-7,14H2,1H3,(H,15,17). The first-order valence-corrected chi connectivity index (χ1v) is 6.35. The highest BCUT2D eigenvalue weighted by molar-refractivity contribution is 5.99. The number of nitrogens with zero attached hydrogens (tertiary/aromatic N) is 1. The number of nitrogen functional groups attached to an aromatic ring is 1. The molecule has 1 aromatic rings. The summed E-state index contributed by atoms with van der Waals surface area (Å²) < 4.78 is 5.25. The lowest BCUT2D eigenvalue weighted by molar-refractivity contribution is -0.385. The summed E-state index contributed by atoms with van der Waals surface area (Å²) in [6, 6.07) is 3.98. The van der Waals surface area contributed by atoms with Crippen molar-refractivity contribution in [3.63, 3.8) is 0 Å². The summed E-state index contributed by atoms with van der Waals surface area (Å²) in [6.45, 7) is 3.04. The number of nitro benzene ring substituents is 1. The molecule has 0 saturated carbocycles. The molecule has 1 saturated heterocycles. The highest BCUT2D eigenvalue weighted by atomic mass is 16.6. The molecule has 7 heteroatoms. The first-order chi connectivity index (χ1) is 9.41. The molecule has 1 fully saturated rings. The van der Waals surface area contributed by atoms with E-state index in [0.717, 1.165) is 0 Å². The molecule has 0 atom stereocenters. The third kappa shape index (κ3) is 3.05. The van der Waals surface area contributed by atoms with Gasteiger partial charge in [0.15, 0.2) is 0 Å². The number of amides is 1. The van der Waals surface area contributed by atoms with Crippen LogP contribution < -0.4 is 11.1 Å². The summed E-state index contributed by atoms with van der Waals surface area (Å²) in [7, 11) is 0. The summed E-state index contributed by atoms with van der Waals surface area (Å²) in [4.78, 5) is 22.7. The maximum Gasteiger partial charge on any atom is 0.282 e. The summed E-state index contributed by atoms with van der Waals surface area (Å²) in [6.07, 6.45) is 1.35. The van der Waals surface area contributed by atoms with Crippen LogP contribution in [0, 0.1) is 10.1 Å². The Kier molecular flexibility index (Phi) is 3.89. The van der Waals surface area contributed by atoms with Crippen molar-refractivity contribution in [2.24, 2.45) is 0 Å². The van der Waals surface area contributed by atoms with Gasteiger partial charge in [-0.2, -0.15) is 0 Å². The van der Waals surface area contributed by atoms with Crippen molar-refractivity contribution >= 4 is 17.3 Å². The highest BCUT2D eigenvalue weighted by Gasteiger charge is 2.31. The Balaban J connectivity index is 2.24. The van der Waals surface area contributed by atoms with E-state index >= 15 is 0 Å². The van der Waals surface area contributed by atoms with Gasteiger partial charge >= 0.3 is 0 Å². The zero-order chi connectivity index (χ0) is 14.8. The lowest BCUT2D eigenvalue weighted by Gasteiger charge is -2.34. The Morgan fingerprint density at radius 1 is 1.45 bits per heavy atom. The molecule has 0 unspecified atom stereocenters. The van der Waals surface area contributed by atoms with Crippen LogP contribution in [-0.4, -0.2) is 29.6 Å². The lowest BCUT2D eigenvalue weighted by atomic mass is 9.92. The predicted molar refractivity (Wildman–Crippen MR) is 73.4 cm³/mol. The molecule has 3 N–H and O–H groups in total. The van der Waals surface area contributed by atoms with Gasteiger partial charge in [-0.3, -0.25) is 14.9 Å². The van der Waals surface area contributed by atoms with Crippen molar-refractivity contribution in [1.29, 1.82) is 0 Å². The van der Waals surface area contributed by atoms with Gasteiger partial charge in [-0.1, -0.05) is 0 Å². The van der Waals surface area contributed by atoms with Crippen LogP contribution in [0.25, 0.3) is 0 Å². The van der Waals surface area contributed by atoms with Gasteiger partial charge in [-0.05, 0) is 31.9 Å². The SMILES string of the molecule is CC1(NC(=O)c2cc(N)ccc2[N+](=O)[O-])CCOCC1. The fourth-order valence-electron chi connectivity index (χ4n) is 2.18. The number of carbonyl (C=O) groups excluding carboxylic acids is 1. The molecule has 108 valence electrons. The molecule has 0 radical (unpaired) electrons. The van der Waals surface area contributed by atoms with Gasteiger partial charge in [-0.15, -0.1) is 0 Å². The van der Waals surface area contributed by atoms with Crippen LogP contribution in [0.4, 0.5) is 11.4 Å². The second kappa shape index (κ2) is 5.46. The van der Waals surface area contributed by atoms with E-state index in [4.69, 9.17) is 10.5 Å². The second-order valence-electron chi connectivity index (χ2n) is 5.16. The third-order valence-electron chi connectivity index (χ3n) is 3.47. The van der Waals surface area contributed by atoms with Crippen LogP contribution in [0.1, 0.15) is 30.1 Å². The van der Waals surface area contributed by atoms with Gasteiger partial charge in [0.25, 0.3) is 11.6 Å². The molecular formula is C13H17N3O4. The lowest BCUT2D eigenvalue weighted by Crippen LogP contribution is -2.49. The van der Waals surface area contributed by atoms with Gasteiger partial charge < -0.3 is 15.8 Å². The normalized spacial score (nSPS) is 17.4. The Hall–Kier alpha value is -2.15. The van der Waals surface area contributed by atoms with E-state index in [9.17, 15) is 14.9 Å². The van der Waals surface area contributed by atoms with E-state index in [1.165, 1.54) is 18.2 Å². The Morgan fingerprint density at radius 2 is 2.10 bits per heavy atom. The monoisotopic (exact) mass is 279 g/mol. The van der Waals surface area contributed by atoms with Gasteiger partial charge in [0, 0.05) is 30.5 Å². The number of carbonyl (C=O) groups is 1. The van der Waals surface area contributed by atoms with E-state index in [1.54, 1.807) is 0 Å². The fourth-order valence-corrected chi connectivity index (χ4v) is 2.18. The molecule has 0 aliphatic carbocycles. The minimum atomic E-state index is -0.583. The molecular weight excluding hydrogens is 262 g/mol. The molecule has 2 rings (SSSR count). The first kappa shape index (κ1) is 14.3. The molecule has 7 nitrogen and oxygen atoms in total. The average Bonchev–Trinajstić information content (AvgIpc) is 2.38. The molecule has 0 bridgehead atoms. The third-order valence-corrected chi connectivity index (χ3v) is 3.47. The van der Waals surface area contributed by atoms with Crippen molar-refractivity contribution in [2.75, 3.05) is 18.9 Å². The minimum Gasteiger partial charge on any atom is -0.399 e. The Labute approximate surface area is 116 Å². The molecule has 1 amide bonds. The minimum absolute atomic E-state index is 0.0114. The molecule has 0 spiro atoms.